The molecule has 2 N–H and O–H groups in total. The molecule has 2 aliphatic rings. The van der Waals surface area contributed by atoms with Gasteiger partial charge in [0.1, 0.15) is 11.7 Å². The van der Waals surface area contributed by atoms with Crippen LogP contribution in [0.25, 0.3) is 17.0 Å². The van der Waals surface area contributed by atoms with Gasteiger partial charge in [0.05, 0.1) is 0 Å². The molecule has 0 spiro atoms. The van der Waals surface area contributed by atoms with Crippen molar-refractivity contribution >= 4 is 28.8 Å². The van der Waals surface area contributed by atoms with E-state index in [2.05, 4.69) is 30.7 Å². The summed E-state index contributed by atoms with van der Waals surface area (Å²) >= 11 is 0. The van der Waals surface area contributed by atoms with E-state index in [1.165, 1.54) is 0 Å². The highest BCUT2D eigenvalue weighted by Crippen LogP contribution is 2.34. The zero-order chi connectivity index (χ0) is 18.5. The standard InChI is InChI=1S/C21H23N3O2/c1-4-21(2,3)18-14(13-8-5-6-9-15(13)22-18)12-16-20(26)24-11-7-10-17(24)19(25)23-16/h4-6,8-9,12,17,22H,1,7,10-11H2,2-3H3,(H,23,25)/t17-/m0/s1. The Hall–Kier alpha value is -2.82. The molecule has 4 rings (SSSR count). The maximum atomic E-state index is 12.9. The molecule has 5 heteroatoms. The highest BCUT2D eigenvalue weighted by Gasteiger charge is 2.40. The fourth-order valence-electron chi connectivity index (χ4n) is 3.87. The number of aromatic amines is 1. The molecule has 5 nitrogen and oxygen atoms in total. The number of para-hydroxylation sites is 1. The number of piperazine rings is 1. The summed E-state index contributed by atoms with van der Waals surface area (Å²) in [4.78, 5) is 30.4. The summed E-state index contributed by atoms with van der Waals surface area (Å²) < 4.78 is 0. The minimum Gasteiger partial charge on any atom is -0.357 e. The van der Waals surface area contributed by atoms with Crippen LogP contribution in [0.4, 0.5) is 0 Å². The van der Waals surface area contributed by atoms with E-state index in [1.807, 2.05) is 36.4 Å². The molecule has 0 bridgehead atoms. The highest BCUT2D eigenvalue weighted by molar-refractivity contribution is 6.09. The lowest BCUT2D eigenvalue weighted by molar-refractivity contribution is -0.140. The Morgan fingerprint density at radius 3 is 2.81 bits per heavy atom. The van der Waals surface area contributed by atoms with Gasteiger partial charge < -0.3 is 15.2 Å². The second kappa shape index (κ2) is 5.87. The Morgan fingerprint density at radius 1 is 1.27 bits per heavy atom. The molecule has 134 valence electrons. The third kappa shape index (κ3) is 2.46. The second-order valence-corrected chi connectivity index (χ2v) is 7.59. The summed E-state index contributed by atoms with van der Waals surface area (Å²) in [5.74, 6) is -0.183. The summed E-state index contributed by atoms with van der Waals surface area (Å²) in [5.41, 5.74) is 2.94. The molecule has 1 aromatic heterocycles. The smallest absolute Gasteiger partial charge is 0.271 e. The van der Waals surface area contributed by atoms with Crippen LogP contribution >= 0.6 is 0 Å². The van der Waals surface area contributed by atoms with E-state index in [4.69, 9.17) is 0 Å². The number of H-pyrrole nitrogens is 1. The molecule has 26 heavy (non-hydrogen) atoms. The van der Waals surface area contributed by atoms with Crippen LogP contribution in [0.5, 0.6) is 0 Å². The average molecular weight is 349 g/mol. The van der Waals surface area contributed by atoms with Crippen LogP contribution in [-0.4, -0.2) is 34.3 Å². The number of allylic oxidation sites excluding steroid dienone is 1. The summed E-state index contributed by atoms with van der Waals surface area (Å²) in [7, 11) is 0. The number of carbonyl (C=O) groups excluding carboxylic acids is 2. The summed E-state index contributed by atoms with van der Waals surface area (Å²) in [6.45, 7) is 8.75. The number of nitrogens with one attached hydrogen (secondary N) is 2. The largest absolute Gasteiger partial charge is 0.357 e. The van der Waals surface area contributed by atoms with E-state index in [0.29, 0.717) is 12.2 Å². The average Bonchev–Trinajstić information content (AvgIpc) is 3.25. The monoisotopic (exact) mass is 349 g/mol. The van der Waals surface area contributed by atoms with Gasteiger partial charge in [0.15, 0.2) is 0 Å². The molecule has 1 atom stereocenters. The lowest BCUT2D eigenvalue weighted by Crippen LogP contribution is -2.53. The quantitative estimate of drug-likeness (QED) is 0.661. The summed E-state index contributed by atoms with van der Waals surface area (Å²) in [5, 5.41) is 3.85. The Bertz CT molecular complexity index is 951. The predicted octanol–water partition coefficient (Wildman–Crippen LogP) is 3.09. The van der Waals surface area contributed by atoms with Gasteiger partial charge in [-0.3, -0.25) is 9.59 Å². The minimum atomic E-state index is -0.313. The van der Waals surface area contributed by atoms with Crippen molar-refractivity contribution in [2.75, 3.05) is 6.54 Å². The number of nitrogens with zero attached hydrogens (tertiary/aromatic N) is 1. The predicted molar refractivity (Wildman–Crippen MR) is 102 cm³/mol. The van der Waals surface area contributed by atoms with Gasteiger partial charge in [-0.1, -0.05) is 38.1 Å². The van der Waals surface area contributed by atoms with Crippen LogP contribution in [0.2, 0.25) is 0 Å². The molecule has 0 saturated carbocycles. The van der Waals surface area contributed by atoms with Gasteiger partial charge in [-0.25, -0.2) is 0 Å². The van der Waals surface area contributed by atoms with Crippen LogP contribution in [0, 0.1) is 0 Å². The van der Waals surface area contributed by atoms with Crippen molar-refractivity contribution in [2.45, 2.75) is 38.1 Å². The van der Waals surface area contributed by atoms with Crippen LogP contribution in [-0.2, 0) is 15.0 Å². The lowest BCUT2D eigenvalue weighted by Gasteiger charge is -2.30. The zero-order valence-corrected chi connectivity index (χ0v) is 15.1. The van der Waals surface area contributed by atoms with Crippen molar-refractivity contribution in [3.8, 4) is 0 Å². The van der Waals surface area contributed by atoms with E-state index >= 15 is 0 Å². The molecule has 0 radical (unpaired) electrons. The van der Waals surface area contributed by atoms with E-state index < -0.39 is 0 Å². The molecule has 2 fully saturated rings. The normalized spacial score (nSPS) is 22.0. The minimum absolute atomic E-state index is 0.0854. The number of amides is 2. The first-order valence-electron chi connectivity index (χ1n) is 9.00. The molecular formula is C21H23N3O2. The van der Waals surface area contributed by atoms with Gasteiger partial charge in [-0.15, -0.1) is 6.58 Å². The third-order valence-corrected chi connectivity index (χ3v) is 5.49. The number of carbonyl (C=O) groups is 2. The summed E-state index contributed by atoms with van der Waals surface area (Å²) in [6, 6.07) is 7.67. The van der Waals surface area contributed by atoms with Crippen LogP contribution in [0.3, 0.4) is 0 Å². The first kappa shape index (κ1) is 16.6. The zero-order valence-electron chi connectivity index (χ0n) is 15.1. The Kier molecular flexibility index (Phi) is 3.75. The van der Waals surface area contributed by atoms with Crippen molar-refractivity contribution in [2.24, 2.45) is 0 Å². The second-order valence-electron chi connectivity index (χ2n) is 7.59. The SMILES string of the molecule is C=CC(C)(C)c1[nH]c2ccccc2c1C=C1NC(=O)[C@@H]2CCCN2C1=O. The van der Waals surface area contributed by atoms with Crippen molar-refractivity contribution in [1.29, 1.82) is 0 Å². The molecule has 2 saturated heterocycles. The molecule has 0 aliphatic carbocycles. The Balaban J connectivity index is 1.87. The van der Waals surface area contributed by atoms with Gasteiger partial charge in [0.2, 0.25) is 5.91 Å². The number of hydrogen-bond acceptors (Lipinski definition) is 2. The molecule has 2 amide bonds. The lowest BCUT2D eigenvalue weighted by atomic mass is 9.86. The van der Waals surface area contributed by atoms with E-state index in [0.717, 1.165) is 35.0 Å². The topological polar surface area (TPSA) is 65.2 Å². The van der Waals surface area contributed by atoms with Gasteiger partial charge in [0, 0.05) is 34.1 Å². The maximum absolute atomic E-state index is 12.9. The number of fused-ring (bicyclic) bond motifs is 2. The Morgan fingerprint density at radius 2 is 2.04 bits per heavy atom. The van der Waals surface area contributed by atoms with Crippen LogP contribution in [0.15, 0.2) is 42.6 Å². The molecule has 2 aliphatic heterocycles. The fourth-order valence-corrected chi connectivity index (χ4v) is 3.87. The first-order chi connectivity index (χ1) is 12.4. The third-order valence-electron chi connectivity index (χ3n) is 5.49. The van der Waals surface area contributed by atoms with E-state index in [1.54, 1.807) is 4.90 Å². The molecular weight excluding hydrogens is 326 g/mol. The van der Waals surface area contributed by atoms with Gasteiger partial charge in [-0.05, 0) is 25.0 Å². The van der Waals surface area contributed by atoms with Gasteiger partial charge in [-0.2, -0.15) is 0 Å². The van der Waals surface area contributed by atoms with Crippen LogP contribution < -0.4 is 5.32 Å². The highest BCUT2D eigenvalue weighted by atomic mass is 16.2. The van der Waals surface area contributed by atoms with Crippen molar-refractivity contribution in [3.05, 3.63) is 53.9 Å². The molecule has 1 aromatic carbocycles. The molecule has 3 heterocycles. The van der Waals surface area contributed by atoms with Crippen molar-refractivity contribution < 1.29 is 9.59 Å². The van der Waals surface area contributed by atoms with Crippen molar-refractivity contribution in [1.82, 2.24) is 15.2 Å². The van der Waals surface area contributed by atoms with E-state index in [-0.39, 0.29) is 23.3 Å². The number of aromatic nitrogens is 1. The number of rotatable bonds is 3. The fraction of sp³-hybridized carbons (Fsp3) is 0.333. The van der Waals surface area contributed by atoms with Crippen LogP contribution in [0.1, 0.15) is 37.9 Å². The van der Waals surface area contributed by atoms with Crippen molar-refractivity contribution in [3.63, 3.8) is 0 Å². The molecule has 2 aromatic rings. The first-order valence-corrected chi connectivity index (χ1v) is 9.00. The number of benzene rings is 1. The molecule has 0 unspecified atom stereocenters. The van der Waals surface area contributed by atoms with Gasteiger partial charge >= 0.3 is 0 Å². The van der Waals surface area contributed by atoms with Gasteiger partial charge in [0.25, 0.3) is 5.91 Å². The van der Waals surface area contributed by atoms with E-state index in [9.17, 15) is 9.59 Å². The number of hydrogen-bond donors (Lipinski definition) is 2. The maximum Gasteiger partial charge on any atom is 0.271 e. The summed E-state index contributed by atoms with van der Waals surface area (Å²) in [6.07, 6.45) is 5.32. The Labute approximate surface area is 152 Å².